The van der Waals surface area contributed by atoms with E-state index in [4.69, 9.17) is 9.84 Å². The van der Waals surface area contributed by atoms with Crippen LogP contribution in [0, 0.1) is 0 Å². The summed E-state index contributed by atoms with van der Waals surface area (Å²) in [5, 5.41) is 28.7. The molecule has 3 N–H and O–H groups in total. The van der Waals surface area contributed by atoms with E-state index >= 15 is 0 Å². The molecule has 4 atom stereocenters. The molecule has 6 nitrogen and oxygen atoms in total. The number of benzene rings is 1. The van der Waals surface area contributed by atoms with Gasteiger partial charge in [0, 0.05) is 0 Å². The van der Waals surface area contributed by atoms with Gasteiger partial charge in [0.2, 0.25) is 0 Å². The molecule has 0 amide bonds. The maximum atomic E-state index is 13.0. The van der Waals surface area contributed by atoms with Crippen LogP contribution in [-0.2, 0) is 4.74 Å². The van der Waals surface area contributed by atoms with Gasteiger partial charge in [0.25, 0.3) is 0 Å². The minimum absolute atomic E-state index is 0.0293. The zero-order valence-electron chi connectivity index (χ0n) is 11.8. The molecular weight excluding hydrogens is 363 g/mol. The highest BCUT2D eigenvalue weighted by Gasteiger charge is 2.65. The third-order valence-corrected chi connectivity index (χ3v) is 4.93. The second kappa shape index (κ2) is 4.58. The van der Waals surface area contributed by atoms with Gasteiger partial charge >= 0.3 is 10.2 Å². The first-order valence-corrected chi connectivity index (χ1v) is 8.60. The number of halogens is 5. The van der Waals surface area contributed by atoms with Crippen LogP contribution >= 0.6 is 10.2 Å². The monoisotopic (exact) mass is 376 g/mol. The van der Waals surface area contributed by atoms with Crippen LogP contribution in [0.5, 0.6) is 0 Å². The number of fused-ring (bicyclic) bond motifs is 1. The lowest BCUT2D eigenvalue weighted by Crippen LogP contribution is -2.33. The van der Waals surface area contributed by atoms with E-state index in [1.165, 1.54) is 0 Å². The van der Waals surface area contributed by atoms with Crippen LogP contribution in [0.4, 0.5) is 19.4 Å². The van der Waals surface area contributed by atoms with E-state index in [9.17, 15) is 29.6 Å². The van der Waals surface area contributed by atoms with Crippen molar-refractivity contribution in [1.29, 1.82) is 0 Å². The lowest BCUT2D eigenvalue weighted by molar-refractivity contribution is -0.0508. The van der Waals surface area contributed by atoms with Gasteiger partial charge in [0.15, 0.2) is 6.23 Å². The van der Waals surface area contributed by atoms with Crippen molar-refractivity contribution >= 4 is 21.3 Å². The van der Waals surface area contributed by atoms with E-state index < -0.39 is 46.3 Å². The summed E-state index contributed by atoms with van der Waals surface area (Å²) in [5.41, 5.74) is -0.381. The minimum Gasteiger partial charge on any atom is -0.394 e. The summed E-state index contributed by atoms with van der Waals surface area (Å²) in [6, 6.07) is 1.23. The van der Waals surface area contributed by atoms with Crippen LogP contribution in [0.2, 0.25) is 0 Å². The molecule has 2 heterocycles. The fourth-order valence-electron chi connectivity index (χ4n) is 2.56. The Morgan fingerprint density at radius 1 is 1.12 bits per heavy atom. The number of ether oxygens (including phenoxy) is 1. The zero-order valence-corrected chi connectivity index (χ0v) is 12.6. The Balaban J connectivity index is 2.11. The standard InChI is InChI=1S/C12H13F5N2O4S/c13-24(14,15,16,17)6-1-2-7-8(3-6)19(5-18-7)12-11(22)10(21)9(4-20)23-12/h1-3,5,9-12,20-22H,4H2/t9-,10-,11-,12?/m1/s1. The van der Waals surface area contributed by atoms with Crippen molar-refractivity contribution in [2.24, 2.45) is 0 Å². The molecule has 1 aliphatic heterocycles. The minimum atomic E-state index is -9.88. The van der Waals surface area contributed by atoms with E-state index in [-0.39, 0.29) is 23.2 Å². The van der Waals surface area contributed by atoms with Gasteiger partial charge in [-0.2, -0.15) is 0 Å². The second-order valence-electron chi connectivity index (χ2n) is 5.50. The summed E-state index contributed by atoms with van der Waals surface area (Å²) in [4.78, 5) is 1.67. The number of hydrogen-bond acceptors (Lipinski definition) is 5. The van der Waals surface area contributed by atoms with Gasteiger partial charge in [0.05, 0.1) is 24.0 Å². The van der Waals surface area contributed by atoms with Gasteiger partial charge < -0.3 is 24.6 Å². The van der Waals surface area contributed by atoms with Gasteiger partial charge in [-0.1, -0.05) is 19.4 Å². The van der Waals surface area contributed by atoms with Crippen molar-refractivity contribution in [3.8, 4) is 0 Å². The van der Waals surface area contributed by atoms with E-state index in [0.29, 0.717) is 0 Å². The van der Waals surface area contributed by atoms with Crippen LogP contribution in [-0.4, -0.2) is 49.8 Å². The molecule has 1 saturated heterocycles. The third-order valence-electron chi connectivity index (χ3n) is 3.78. The molecule has 2 aromatic rings. The maximum absolute atomic E-state index is 13.0. The van der Waals surface area contributed by atoms with E-state index in [1.807, 2.05) is 0 Å². The number of hydrogen-bond donors (Lipinski definition) is 3. The molecule has 12 heteroatoms. The molecule has 136 valence electrons. The van der Waals surface area contributed by atoms with Gasteiger partial charge in [-0.25, -0.2) is 4.98 Å². The number of nitrogens with zero attached hydrogens (tertiary/aromatic N) is 2. The van der Waals surface area contributed by atoms with Crippen LogP contribution in [0.3, 0.4) is 0 Å². The second-order valence-corrected chi connectivity index (χ2v) is 7.91. The highest BCUT2D eigenvalue weighted by Crippen LogP contribution is 3.02. The summed E-state index contributed by atoms with van der Waals surface area (Å²) in [6.45, 7) is -0.641. The molecule has 0 aliphatic carbocycles. The molecule has 24 heavy (non-hydrogen) atoms. The van der Waals surface area contributed by atoms with Crippen molar-refractivity contribution in [3.63, 3.8) is 0 Å². The SMILES string of the molecule is OC[C@H]1OC(n2cnc3ccc(S(F)(F)(F)(F)F)cc32)[C@H](O)[C@@H]1O. The first kappa shape index (κ1) is 17.4. The largest absolute Gasteiger partial charge is 0.394 e. The van der Waals surface area contributed by atoms with Crippen molar-refractivity contribution in [2.75, 3.05) is 6.61 Å². The van der Waals surface area contributed by atoms with E-state index in [1.54, 1.807) is 0 Å². The Morgan fingerprint density at radius 3 is 2.33 bits per heavy atom. The predicted molar refractivity (Wildman–Crippen MR) is 74.1 cm³/mol. The van der Waals surface area contributed by atoms with Crippen molar-refractivity contribution in [3.05, 3.63) is 24.5 Å². The smallest absolute Gasteiger partial charge is 0.310 e. The summed E-state index contributed by atoms with van der Waals surface area (Å²) in [7, 11) is -9.88. The Kier molecular flexibility index (Phi) is 3.31. The first-order chi connectivity index (χ1) is 10.8. The summed E-state index contributed by atoms with van der Waals surface area (Å²) < 4.78 is 70.9. The molecule has 0 saturated carbocycles. The highest BCUT2D eigenvalue weighted by molar-refractivity contribution is 8.45. The maximum Gasteiger partial charge on any atom is 0.310 e. The normalized spacial score (nSPS) is 31.2. The highest BCUT2D eigenvalue weighted by atomic mass is 32.5. The molecule has 0 radical (unpaired) electrons. The van der Waals surface area contributed by atoms with Crippen LogP contribution in [0.25, 0.3) is 11.0 Å². The molecule has 1 aromatic heterocycles. The summed E-state index contributed by atoms with van der Waals surface area (Å²) >= 11 is 0. The fourth-order valence-corrected chi connectivity index (χ4v) is 3.22. The first-order valence-electron chi connectivity index (χ1n) is 6.65. The number of aliphatic hydroxyl groups excluding tert-OH is 3. The molecular formula is C12H13F5N2O4S. The third kappa shape index (κ3) is 2.84. The molecule has 1 fully saturated rings. The number of imidazole rings is 1. The van der Waals surface area contributed by atoms with Crippen LogP contribution in [0.1, 0.15) is 6.23 Å². The number of aliphatic hydroxyl groups is 3. The predicted octanol–water partition coefficient (Wildman–Crippen LogP) is 2.31. The average molecular weight is 376 g/mol. The number of rotatable bonds is 3. The lowest BCUT2D eigenvalue weighted by Gasteiger charge is -2.40. The summed E-state index contributed by atoms with van der Waals surface area (Å²) in [5.74, 6) is 0. The van der Waals surface area contributed by atoms with Gasteiger partial charge in [-0.15, -0.1) is 0 Å². The molecule has 1 unspecified atom stereocenters. The van der Waals surface area contributed by atoms with Crippen molar-refractivity contribution in [1.82, 2.24) is 9.55 Å². The lowest BCUT2D eigenvalue weighted by atomic mass is 10.1. The Morgan fingerprint density at radius 2 is 1.79 bits per heavy atom. The van der Waals surface area contributed by atoms with Crippen molar-refractivity contribution < 1.29 is 39.5 Å². The van der Waals surface area contributed by atoms with Gasteiger partial charge in [-0.05, 0) is 18.2 Å². The molecule has 0 bridgehead atoms. The van der Waals surface area contributed by atoms with E-state index in [2.05, 4.69) is 4.98 Å². The topological polar surface area (TPSA) is 87.7 Å². The molecule has 0 spiro atoms. The molecule has 1 aliphatic rings. The number of aromatic nitrogens is 2. The summed E-state index contributed by atoms with van der Waals surface area (Å²) in [6.07, 6.45) is -4.61. The Labute approximate surface area is 131 Å². The quantitative estimate of drug-likeness (QED) is 0.716. The van der Waals surface area contributed by atoms with Crippen LogP contribution < -0.4 is 0 Å². The Bertz CT molecular complexity index is 796. The van der Waals surface area contributed by atoms with Crippen LogP contribution in [0.15, 0.2) is 29.4 Å². The molecule has 3 rings (SSSR count). The van der Waals surface area contributed by atoms with Gasteiger partial charge in [-0.3, -0.25) is 0 Å². The Hall–Kier alpha value is -1.47. The van der Waals surface area contributed by atoms with E-state index in [0.717, 1.165) is 17.0 Å². The molecule has 1 aromatic carbocycles. The van der Waals surface area contributed by atoms with Gasteiger partial charge in [0.1, 0.15) is 23.2 Å². The van der Waals surface area contributed by atoms with Crippen molar-refractivity contribution in [2.45, 2.75) is 29.4 Å². The average Bonchev–Trinajstić information content (AvgIpc) is 2.99. The zero-order chi connectivity index (χ0) is 18.0. The fraction of sp³-hybridized carbons (Fsp3) is 0.417.